The molecule has 0 unspecified atom stereocenters. The van der Waals surface area contributed by atoms with Crippen molar-refractivity contribution in [3.05, 3.63) is 52.2 Å². The molecule has 2 N–H and O–H groups in total. The first-order chi connectivity index (χ1) is 13.1. The van der Waals surface area contributed by atoms with Crippen molar-refractivity contribution in [3.63, 3.8) is 0 Å². The Morgan fingerprint density at radius 1 is 1.19 bits per heavy atom. The highest BCUT2D eigenvalue weighted by molar-refractivity contribution is 8.01. The molecule has 1 aromatic carbocycles. The number of carbonyl (C=O) groups excluding carboxylic acids is 2. The average Bonchev–Trinajstić information content (AvgIpc) is 3.32. The van der Waals surface area contributed by atoms with E-state index in [1.54, 1.807) is 35.6 Å². The van der Waals surface area contributed by atoms with Crippen molar-refractivity contribution in [2.24, 2.45) is 0 Å². The van der Waals surface area contributed by atoms with Crippen molar-refractivity contribution in [2.45, 2.75) is 17.7 Å². The van der Waals surface area contributed by atoms with E-state index in [2.05, 4.69) is 32.3 Å². The summed E-state index contributed by atoms with van der Waals surface area (Å²) in [6.45, 7) is 2.30. The summed E-state index contributed by atoms with van der Waals surface area (Å²) >= 11 is 4.51. The Bertz CT molecular complexity index is 909. The van der Waals surface area contributed by atoms with Crippen LogP contribution in [0.25, 0.3) is 0 Å². The minimum atomic E-state index is -0.150. The Hall–Kier alpha value is -2.23. The van der Waals surface area contributed by atoms with Gasteiger partial charge in [-0.25, -0.2) is 0 Å². The van der Waals surface area contributed by atoms with Crippen LogP contribution in [0.15, 0.2) is 46.1 Å². The van der Waals surface area contributed by atoms with Crippen molar-refractivity contribution in [3.8, 4) is 0 Å². The Kier molecular flexibility index (Phi) is 6.97. The third-order valence-corrected chi connectivity index (χ3v) is 6.46. The van der Waals surface area contributed by atoms with Gasteiger partial charge in [0.2, 0.25) is 11.0 Å². The van der Waals surface area contributed by atoms with Gasteiger partial charge >= 0.3 is 0 Å². The monoisotopic (exact) mass is 418 g/mol. The number of anilines is 2. The fraction of sp³-hybridized carbons (Fsp3) is 0.222. The number of carbonyl (C=O) groups is 2. The number of aromatic nitrogens is 2. The van der Waals surface area contributed by atoms with Gasteiger partial charge in [0.05, 0.1) is 5.75 Å². The SMILES string of the molecule is CC(=O)c1cccc(NC(=O)CSc2nnc(NCCc3cccs3)s2)c1. The molecule has 0 aliphatic rings. The topological polar surface area (TPSA) is 84.0 Å². The average molecular weight is 419 g/mol. The maximum absolute atomic E-state index is 12.1. The Morgan fingerprint density at radius 3 is 2.85 bits per heavy atom. The summed E-state index contributed by atoms with van der Waals surface area (Å²) in [5.74, 6) is 0.0465. The van der Waals surface area contributed by atoms with Gasteiger partial charge in [0.1, 0.15) is 0 Å². The quantitative estimate of drug-likeness (QED) is 0.400. The molecule has 3 rings (SSSR count). The highest BCUT2D eigenvalue weighted by Crippen LogP contribution is 2.25. The van der Waals surface area contributed by atoms with Crippen molar-refractivity contribution < 1.29 is 9.59 Å². The predicted molar refractivity (Wildman–Crippen MR) is 112 cm³/mol. The molecule has 0 saturated heterocycles. The number of nitrogens with zero attached hydrogens (tertiary/aromatic N) is 2. The van der Waals surface area contributed by atoms with Gasteiger partial charge in [0, 0.05) is 22.7 Å². The Labute approximate surface area is 169 Å². The normalized spacial score (nSPS) is 10.6. The van der Waals surface area contributed by atoms with Crippen molar-refractivity contribution in [2.75, 3.05) is 22.9 Å². The molecule has 0 spiro atoms. The standard InChI is InChI=1S/C18H18N4O2S3/c1-12(23)13-4-2-5-14(10-13)20-16(24)11-26-18-22-21-17(27-18)19-8-7-15-6-3-9-25-15/h2-6,9-10H,7-8,11H2,1H3,(H,19,21)(H,20,24). The first-order valence-electron chi connectivity index (χ1n) is 8.23. The maximum Gasteiger partial charge on any atom is 0.234 e. The third kappa shape index (κ3) is 6.16. The second-order valence-electron chi connectivity index (χ2n) is 5.60. The summed E-state index contributed by atoms with van der Waals surface area (Å²) < 4.78 is 0.737. The molecule has 2 heterocycles. The van der Waals surface area contributed by atoms with Gasteiger partial charge in [-0.2, -0.15) is 0 Å². The largest absolute Gasteiger partial charge is 0.360 e. The summed E-state index contributed by atoms with van der Waals surface area (Å²) in [6.07, 6.45) is 0.946. The fourth-order valence-electron chi connectivity index (χ4n) is 2.23. The molecule has 27 heavy (non-hydrogen) atoms. The lowest BCUT2D eigenvalue weighted by molar-refractivity contribution is -0.113. The first-order valence-corrected chi connectivity index (χ1v) is 10.9. The van der Waals surface area contributed by atoms with Crippen LogP contribution in [0, 0.1) is 0 Å². The second kappa shape index (κ2) is 9.63. The summed E-state index contributed by atoms with van der Waals surface area (Å²) in [7, 11) is 0. The minimum Gasteiger partial charge on any atom is -0.360 e. The van der Waals surface area contributed by atoms with Crippen molar-refractivity contribution in [1.29, 1.82) is 0 Å². The lowest BCUT2D eigenvalue weighted by Gasteiger charge is -2.05. The van der Waals surface area contributed by atoms with Crippen LogP contribution in [0.1, 0.15) is 22.2 Å². The zero-order valence-electron chi connectivity index (χ0n) is 14.6. The number of hydrogen-bond donors (Lipinski definition) is 2. The zero-order valence-corrected chi connectivity index (χ0v) is 17.0. The molecule has 0 saturated carbocycles. The molecule has 0 bridgehead atoms. The number of amides is 1. The van der Waals surface area contributed by atoms with Gasteiger partial charge in [-0.15, -0.1) is 21.5 Å². The maximum atomic E-state index is 12.1. The van der Waals surface area contributed by atoms with Crippen LogP contribution in [0.4, 0.5) is 10.8 Å². The molecule has 0 aliphatic carbocycles. The zero-order chi connectivity index (χ0) is 19.1. The number of hydrogen-bond acceptors (Lipinski definition) is 8. The van der Waals surface area contributed by atoms with Crippen molar-refractivity contribution >= 4 is 56.9 Å². The molecular formula is C18H18N4O2S3. The number of ketones is 1. The summed E-state index contributed by atoms with van der Waals surface area (Å²) in [5.41, 5.74) is 1.18. The highest BCUT2D eigenvalue weighted by atomic mass is 32.2. The molecule has 140 valence electrons. The summed E-state index contributed by atoms with van der Waals surface area (Å²) in [4.78, 5) is 24.8. The van der Waals surface area contributed by atoms with Crippen LogP contribution < -0.4 is 10.6 Å². The number of thiophene rings is 1. The Balaban J connectivity index is 1.43. The smallest absolute Gasteiger partial charge is 0.234 e. The van der Waals surface area contributed by atoms with E-state index >= 15 is 0 Å². The lowest BCUT2D eigenvalue weighted by atomic mass is 10.1. The van der Waals surface area contributed by atoms with Gasteiger partial charge in [-0.3, -0.25) is 9.59 Å². The number of rotatable bonds is 9. The third-order valence-electron chi connectivity index (χ3n) is 3.51. The molecule has 9 heteroatoms. The van der Waals surface area contributed by atoms with E-state index < -0.39 is 0 Å². The van der Waals surface area contributed by atoms with E-state index in [9.17, 15) is 9.59 Å². The summed E-state index contributed by atoms with van der Waals surface area (Å²) in [5, 5.41) is 17.1. The highest BCUT2D eigenvalue weighted by Gasteiger charge is 2.09. The van der Waals surface area contributed by atoms with E-state index in [4.69, 9.17) is 0 Å². The van der Waals surface area contributed by atoms with Crippen LogP contribution in [0.2, 0.25) is 0 Å². The number of nitrogens with one attached hydrogen (secondary N) is 2. The van der Waals surface area contributed by atoms with Crippen LogP contribution in [-0.4, -0.2) is 34.2 Å². The minimum absolute atomic E-state index is 0.0339. The first kappa shape index (κ1) is 19.5. The van der Waals surface area contributed by atoms with Crippen LogP contribution in [0.3, 0.4) is 0 Å². The van der Waals surface area contributed by atoms with E-state index in [0.717, 1.165) is 22.4 Å². The molecule has 0 radical (unpaired) electrons. The summed E-state index contributed by atoms with van der Waals surface area (Å²) in [6, 6.07) is 11.1. The van der Waals surface area contributed by atoms with Gasteiger partial charge in [0.15, 0.2) is 10.1 Å². The molecule has 0 atom stereocenters. The van der Waals surface area contributed by atoms with E-state index in [0.29, 0.717) is 11.3 Å². The molecule has 0 fully saturated rings. The second-order valence-corrected chi connectivity index (χ2v) is 8.84. The van der Waals surface area contributed by atoms with Gasteiger partial charge < -0.3 is 10.6 Å². The molecular weight excluding hydrogens is 400 g/mol. The molecule has 1 amide bonds. The molecule has 2 aromatic heterocycles. The molecule has 0 aliphatic heterocycles. The predicted octanol–water partition coefficient (Wildman–Crippen LogP) is 4.19. The van der Waals surface area contributed by atoms with Crippen LogP contribution in [-0.2, 0) is 11.2 Å². The van der Waals surface area contributed by atoms with Crippen LogP contribution in [0.5, 0.6) is 0 Å². The van der Waals surface area contributed by atoms with E-state index in [1.165, 1.54) is 34.9 Å². The molecule has 3 aromatic rings. The fourth-order valence-corrected chi connectivity index (χ4v) is 4.51. The Morgan fingerprint density at radius 2 is 2.07 bits per heavy atom. The van der Waals surface area contributed by atoms with Crippen LogP contribution >= 0.6 is 34.4 Å². The number of Topliss-reactive ketones (excluding diaryl/α,β-unsaturated/α-hetero) is 1. The lowest BCUT2D eigenvalue weighted by Crippen LogP contribution is -2.14. The van der Waals surface area contributed by atoms with E-state index in [1.807, 2.05) is 6.07 Å². The van der Waals surface area contributed by atoms with Gasteiger partial charge in [0.25, 0.3) is 0 Å². The number of thioether (sulfide) groups is 1. The van der Waals surface area contributed by atoms with Gasteiger partial charge in [-0.05, 0) is 36.9 Å². The van der Waals surface area contributed by atoms with Gasteiger partial charge in [-0.1, -0.05) is 41.3 Å². The van der Waals surface area contributed by atoms with Crippen molar-refractivity contribution in [1.82, 2.24) is 10.2 Å². The number of benzene rings is 1. The molecule has 6 nitrogen and oxygen atoms in total. The van der Waals surface area contributed by atoms with E-state index in [-0.39, 0.29) is 17.4 Å².